The summed E-state index contributed by atoms with van der Waals surface area (Å²) in [6, 6.07) is 3.80. The SMILES string of the molecule is Cc1cc(C#N)c([N+](=O)[O-])cc1S(=O)(=O)N(C)C. The summed E-state index contributed by atoms with van der Waals surface area (Å²) in [7, 11) is -1.10. The average molecular weight is 269 g/mol. The lowest BCUT2D eigenvalue weighted by molar-refractivity contribution is -0.385. The van der Waals surface area contributed by atoms with E-state index in [1.165, 1.54) is 27.1 Å². The first kappa shape index (κ1) is 14.1. The van der Waals surface area contributed by atoms with E-state index in [2.05, 4.69) is 0 Å². The second-order valence-electron chi connectivity index (χ2n) is 3.79. The highest BCUT2D eigenvalue weighted by Crippen LogP contribution is 2.27. The zero-order valence-corrected chi connectivity index (χ0v) is 10.9. The monoisotopic (exact) mass is 269 g/mol. The Balaban J connectivity index is 3.65. The molecule has 0 aliphatic rings. The predicted octanol–water partition coefficient (Wildman–Crippen LogP) is 1.03. The van der Waals surface area contributed by atoms with Gasteiger partial charge in [0.2, 0.25) is 10.0 Å². The van der Waals surface area contributed by atoms with Crippen LogP contribution in [0.15, 0.2) is 17.0 Å². The normalized spacial score (nSPS) is 11.3. The predicted molar refractivity (Wildman–Crippen MR) is 63.4 cm³/mol. The first-order chi connectivity index (χ1) is 8.21. The molecule has 18 heavy (non-hydrogen) atoms. The lowest BCUT2D eigenvalue weighted by atomic mass is 10.1. The van der Waals surface area contributed by atoms with E-state index >= 15 is 0 Å². The fourth-order valence-corrected chi connectivity index (χ4v) is 2.51. The third kappa shape index (κ3) is 2.32. The summed E-state index contributed by atoms with van der Waals surface area (Å²) >= 11 is 0. The lowest BCUT2D eigenvalue weighted by Crippen LogP contribution is -2.23. The average Bonchev–Trinajstić information content (AvgIpc) is 2.27. The van der Waals surface area contributed by atoms with E-state index in [-0.39, 0.29) is 10.5 Å². The molecule has 0 aliphatic carbocycles. The highest BCUT2D eigenvalue weighted by molar-refractivity contribution is 7.89. The van der Waals surface area contributed by atoms with Crippen LogP contribution in [0.1, 0.15) is 11.1 Å². The van der Waals surface area contributed by atoms with Gasteiger partial charge in [0.05, 0.1) is 9.82 Å². The Morgan fingerprint density at radius 1 is 1.39 bits per heavy atom. The van der Waals surface area contributed by atoms with Crippen LogP contribution in [0.4, 0.5) is 5.69 Å². The number of nitro groups is 1. The van der Waals surface area contributed by atoms with Crippen molar-refractivity contribution in [2.24, 2.45) is 0 Å². The molecule has 0 bridgehead atoms. The van der Waals surface area contributed by atoms with E-state index < -0.39 is 20.6 Å². The summed E-state index contributed by atoms with van der Waals surface area (Å²) in [4.78, 5) is 9.85. The van der Waals surface area contributed by atoms with Gasteiger partial charge in [-0.15, -0.1) is 0 Å². The molecular weight excluding hydrogens is 258 g/mol. The fourth-order valence-electron chi connectivity index (χ4n) is 1.39. The molecule has 1 rings (SSSR count). The number of aryl methyl sites for hydroxylation is 1. The summed E-state index contributed by atoms with van der Waals surface area (Å²) in [5.41, 5.74) is -0.371. The molecule has 96 valence electrons. The number of hydrogen-bond donors (Lipinski definition) is 0. The van der Waals surface area contributed by atoms with Crippen molar-refractivity contribution in [3.05, 3.63) is 33.4 Å². The van der Waals surface area contributed by atoms with E-state index in [1.54, 1.807) is 6.07 Å². The van der Waals surface area contributed by atoms with Crippen molar-refractivity contribution < 1.29 is 13.3 Å². The molecule has 0 fully saturated rings. The smallest absolute Gasteiger partial charge is 0.258 e. The summed E-state index contributed by atoms with van der Waals surface area (Å²) in [5.74, 6) is 0. The van der Waals surface area contributed by atoms with Crippen LogP contribution in [0, 0.1) is 28.4 Å². The number of sulfonamides is 1. The summed E-state index contributed by atoms with van der Waals surface area (Å²) in [6.45, 7) is 1.49. The zero-order valence-electron chi connectivity index (χ0n) is 10.0. The quantitative estimate of drug-likeness (QED) is 0.602. The molecule has 0 N–H and O–H groups in total. The van der Waals surface area contributed by atoms with Gasteiger partial charge in [0.15, 0.2) is 0 Å². The number of rotatable bonds is 3. The van der Waals surface area contributed by atoms with Gasteiger partial charge in [0.25, 0.3) is 5.69 Å². The zero-order chi connectivity index (χ0) is 14.1. The molecule has 8 heteroatoms. The molecule has 0 saturated heterocycles. The van der Waals surface area contributed by atoms with Crippen LogP contribution in [0.25, 0.3) is 0 Å². The number of nitrogens with zero attached hydrogens (tertiary/aromatic N) is 3. The second kappa shape index (κ2) is 4.72. The largest absolute Gasteiger partial charge is 0.288 e. The van der Waals surface area contributed by atoms with Crippen LogP contribution >= 0.6 is 0 Å². The van der Waals surface area contributed by atoms with Gasteiger partial charge in [-0.05, 0) is 18.6 Å². The maximum atomic E-state index is 11.9. The van der Waals surface area contributed by atoms with E-state index in [0.29, 0.717) is 5.56 Å². The number of nitro benzene ring substituents is 1. The molecule has 0 aromatic heterocycles. The van der Waals surface area contributed by atoms with Gasteiger partial charge in [-0.1, -0.05) is 0 Å². The minimum atomic E-state index is -3.77. The number of nitriles is 1. The van der Waals surface area contributed by atoms with Crippen molar-refractivity contribution in [1.82, 2.24) is 4.31 Å². The Bertz CT molecular complexity index is 644. The standard InChI is InChI=1S/C10H11N3O4S/c1-7-4-8(6-11)9(13(14)15)5-10(7)18(16,17)12(2)3/h4-5H,1-3H3. The van der Waals surface area contributed by atoms with Gasteiger partial charge >= 0.3 is 0 Å². The minimum Gasteiger partial charge on any atom is -0.258 e. The third-order valence-electron chi connectivity index (χ3n) is 2.37. The molecule has 0 unspecified atom stereocenters. The molecule has 0 saturated carbocycles. The Labute approximate surface area is 104 Å². The van der Waals surface area contributed by atoms with E-state index in [4.69, 9.17) is 5.26 Å². The van der Waals surface area contributed by atoms with E-state index in [0.717, 1.165) is 10.4 Å². The Morgan fingerprint density at radius 2 is 1.94 bits per heavy atom. The first-order valence-electron chi connectivity index (χ1n) is 4.83. The van der Waals surface area contributed by atoms with Crippen molar-refractivity contribution >= 4 is 15.7 Å². The molecule has 1 aromatic carbocycles. The first-order valence-corrected chi connectivity index (χ1v) is 6.27. The maximum Gasteiger partial charge on any atom is 0.288 e. The van der Waals surface area contributed by atoms with Gasteiger partial charge in [-0.2, -0.15) is 5.26 Å². The van der Waals surface area contributed by atoms with Gasteiger partial charge in [-0.25, -0.2) is 12.7 Å². The van der Waals surface area contributed by atoms with Crippen molar-refractivity contribution in [1.29, 1.82) is 5.26 Å². The van der Waals surface area contributed by atoms with Crippen molar-refractivity contribution in [2.45, 2.75) is 11.8 Å². The van der Waals surface area contributed by atoms with Crippen LogP contribution in [0.3, 0.4) is 0 Å². The van der Waals surface area contributed by atoms with Crippen LogP contribution in [0.2, 0.25) is 0 Å². The number of benzene rings is 1. The topological polar surface area (TPSA) is 104 Å². The fraction of sp³-hybridized carbons (Fsp3) is 0.300. The molecule has 0 atom stereocenters. The second-order valence-corrected chi connectivity index (χ2v) is 5.91. The Hall–Kier alpha value is -1.98. The molecule has 0 heterocycles. The summed E-state index contributed by atoms with van der Waals surface area (Å²) < 4.78 is 24.9. The molecule has 0 amide bonds. The third-order valence-corrected chi connectivity index (χ3v) is 4.33. The molecule has 0 aliphatic heterocycles. The van der Waals surface area contributed by atoms with E-state index in [9.17, 15) is 18.5 Å². The highest BCUT2D eigenvalue weighted by atomic mass is 32.2. The summed E-state index contributed by atoms with van der Waals surface area (Å²) in [5, 5.41) is 19.6. The van der Waals surface area contributed by atoms with Gasteiger partial charge in [-0.3, -0.25) is 10.1 Å². The highest BCUT2D eigenvalue weighted by Gasteiger charge is 2.25. The molecule has 0 spiro atoms. The molecular formula is C10H11N3O4S. The Morgan fingerprint density at radius 3 is 2.33 bits per heavy atom. The number of hydrogen-bond acceptors (Lipinski definition) is 5. The van der Waals surface area contributed by atoms with Crippen LogP contribution in [-0.2, 0) is 10.0 Å². The molecule has 1 aromatic rings. The van der Waals surface area contributed by atoms with Gasteiger partial charge < -0.3 is 0 Å². The van der Waals surface area contributed by atoms with Gasteiger partial charge in [0.1, 0.15) is 11.6 Å². The van der Waals surface area contributed by atoms with Crippen molar-refractivity contribution in [2.75, 3.05) is 14.1 Å². The molecule has 7 nitrogen and oxygen atoms in total. The van der Waals surface area contributed by atoms with Crippen LogP contribution < -0.4 is 0 Å². The Kier molecular flexibility index (Phi) is 3.69. The van der Waals surface area contributed by atoms with Crippen molar-refractivity contribution in [3.8, 4) is 6.07 Å². The maximum absolute atomic E-state index is 11.9. The van der Waals surface area contributed by atoms with Gasteiger partial charge in [0, 0.05) is 20.2 Å². The van der Waals surface area contributed by atoms with Crippen molar-refractivity contribution in [3.63, 3.8) is 0 Å². The van der Waals surface area contributed by atoms with E-state index in [1.807, 2.05) is 0 Å². The minimum absolute atomic E-state index is 0.157. The molecule has 0 radical (unpaired) electrons. The van der Waals surface area contributed by atoms with Crippen LogP contribution in [0.5, 0.6) is 0 Å². The van der Waals surface area contributed by atoms with Crippen LogP contribution in [-0.4, -0.2) is 31.7 Å². The summed E-state index contributed by atoms with van der Waals surface area (Å²) in [6.07, 6.45) is 0. The lowest BCUT2D eigenvalue weighted by Gasteiger charge is -2.13.